The van der Waals surface area contributed by atoms with Crippen LogP contribution in [0, 0.1) is 0 Å². The molecule has 0 aromatic heterocycles. The highest BCUT2D eigenvalue weighted by atomic mass is 16.5. The molecule has 0 heterocycles. The van der Waals surface area contributed by atoms with Gasteiger partial charge in [0.05, 0.1) is 14.2 Å². The Hall–Kier alpha value is -2.82. The Morgan fingerprint density at radius 1 is 0.655 bits per heavy atom. The largest absolute Gasteiger partial charge is 0.497 e. The van der Waals surface area contributed by atoms with Crippen LogP contribution < -0.4 is 9.47 Å². The van der Waals surface area contributed by atoms with Crippen LogP contribution in [0.3, 0.4) is 0 Å². The van der Waals surface area contributed by atoms with E-state index in [1.54, 1.807) is 28.1 Å². The minimum Gasteiger partial charge on any atom is -0.497 e. The molecule has 2 aromatic carbocycles. The molecule has 4 heteroatoms. The average molecular weight is 392 g/mol. The van der Waals surface area contributed by atoms with Gasteiger partial charge in [-0.2, -0.15) is 0 Å². The molecule has 0 saturated carbocycles. The van der Waals surface area contributed by atoms with E-state index in [1.807, 2.05) is 72.8 Å². The lowest BCUT2D eigenvalue weighted by molar-refractivity contribution is 0.0803. The third kappa shape index (κ3) is 4.29. The van der Waals surface area contributed by atoms with Crippen LogP contribution in [0.25, 0.3) is 0 Å². The summed E-state index contributed by atoms with van der Waals surface area (Å²) >= 11 is 0. The Bertz CT molecular complexity index is 852. The number of rotatable bonds is 6. The zero-order valence-electron chi connectivity index (χ0n) is 17.3. The summed E-state index contributed by atoms with van der Waals surface area (Å²) in [5.41, 5.74) is 0.769. The highest BCUT2D eigenvalue weighted by Crippen LogP contribution is 2.40. The maximum atomic E-state index is 11.4. The minimum absolute atomic E-state index is 0.436. The fourth-order valence-corrected chi connectivity index (χ4v) is 3.54. The van der Waals surface area contributed by atoms with Gasteiger partial charge in [-0.05, 0) is 66.8 Å². The Labute approximate surface area is 172 Å². The van der Waals surface area contributed by atoms with Crippen molar-refractivity contribution in [2.75, 3.05) is 14.2 Å². The van der Waals surface area contributed by atoms with E-state index in [0.717, 1.165) is 33.8 Å². The lowest BCUT2D eigenvalue weighted by atomic mass is 9.79. The van der Waals surface area contributed by atoms with Crippen molar-refractivity contribution >= 4 is 0 Å². The van der Waals surface area contributed by atoms with Gasteiger partial charge in [0, 0.05) is 0 Å². The number of hydrogen-bond acceptors (Lipinski definition) is 4. The number of ether oxygens (including phenoxy) is 2. The molecular weight excluding hydrogens is 364 g/mol. The number of hydrogen-bond donors (Lipinski definition) is 2. The molecule has 0 radical (unpaired) electrons. The van der Waals surface area contributed by atoms with Crippen molar-refractivity contribution in [1.82, 2.24) is 0 Å². The van der Waals surface area contributed by atoms with E-state index in [1.165, 1.54) is 0 Å². The van der Waals surface area contributed by atoms with E-state index in [4.69, 9.17) is 9.47 Å². The lowest BCUT2D eigenvalue weighted by Gasteiger charge is -2.32. The van der Waals surface area contributed by atoms with Crippen molar-refractivity contribution in [1.29, 1.82) is 0 Å². The second-order valence-corrected chi connectivity index (χ2v) is 7.55. The molecule has 0 saturated heterocycles. The lowest BCUT2D eigenvalue weighted by Crippen LogP contribution is -2.29. The summed E-state index contributed by atoms with van der Waals surface area (Å²) in [5.74, 6) is 1.48. The molecule has 2 N–H and O–H groups in total. The van der Waals surface area contributed by atoms with Crippen LogP contribution in [0.4, 0.5) is 0 Å². The van der Waals surface area contributed by atoms with Crippen molar-refractivity contribution in [3.8, 4) is 11.5 Å². The molecule has 29 heavy (non-hydrogen) atoms. The van der Waals surface area contributed by atoms with Gasteiger partial charge in [0.2, 0.25) is 0 Å². The van der Waals surface area contributed by atoms with Crippen molar-refractivity contribution in [3.05, 3.63) is 95.1 Å². The van der Waals surface area contributed by atoms with Gasteiger partial charge in [0.15, 0.2) is 0 Å². The number of aliphatic hydroxyl groups is 2. The first-order valence-corrected chi connectivity index (χ1v) is 9.60. The van der Waals surface area contributed by atoms with E-state index >= 15 is 0 Å². The van der Waals surface area contributed by atoms with Crippen LogP contribution in [0.15, 0.2) is 84.0 Å². The van der Waals surface area contributed by atoms with E-state index in [2.05, 4.69) is 0 Å². The Morgan fingerprint density at radius 2 is 1.00 bits per heavy atom. The van der Waals surface area contributed by atoms with Crippen LogP contribution in [0.1, 0.15) is 31.4 Å². The topological polar surface area (TPSA) is 58.9 Å². The van der Waals surface area contributed by atoms with Gasteiger partial charge < -0.3 is 19.7 Å². The van der Waals surface area contributed by atoms with Crippen molar-refractivity contribution in [3.63, 3.8) is 0 Å². The van der Waals surface area contributed by atoms with E-state index in [0.29, 0.717) is 6.42 Å². The quantitative estimate of drug-likeness (QED) is 0.752. The molecule has 0 fully saturated rings. The Kier molecular flexibility index (Phi) is 5.96. The maximum Gasteiger partial charge on any atom is 0.118 e. The minimum atomic E-state index is -1.18. The predicted octanol–water partition coefficient (Wildman–Crippen LogP) is 4.63. The smallest absolute Gasteiger partial charge is 0.118 e. The van der Waals surface area contributed by atoms with Crippen LogP contribution in [0.2, 0.25) is 0 Å². The van der Waals surface area contributed by atoms with E-state index < -0.39 is 11.2 Å². The number of methoxy groups -OCH3 is 2. The van der Waals surface area contributed by atoms with Gasteiger partial charge in [0.25, 0.3) is 0 Å². The van der Waals surface area contributed by atoms with Gasteiger partial charge in [0.1, 0.15) is 22.7 Å². The fourth-order valence-electron chi connectivity index (χ4n) is 3.54. The first-order chi connectivity index (χ1) is 13.8. The van der Waals surface area contributed by atoms with E-state index in [9.17, 15) is 10.2 Å². The third-order valence-electron chi connectivity index (χ3n) is 5.64. The average Bonchev–Trinajstić information content (AvgIpc) is 3.01. The number of allylic oxidation sites excluding steroid dienone is 4. The molecule has 0 bridgehead atoms. The second-order valence-electron chi connectivity index (χ2n) is 7.55. The summed E-state index contributed by atoms with van der Waals surface area (Å²) in [6, 6.07) is 14.8. The highest BCUT2D eigenvalue weighted by Gasteiger charge is 2.34. The first-order valence-electron chi connectivity index (χ1n) is 9.60. The molecule has 2 atom stereocenters. The molecule has 2 aromatic rings. The van der Waals surface area contributed by atoms with Crippen LogP contribution in [0.5, 0.6) is 11.5 Å². The molecule has 1 aliphatic carbocycles. The first kappa shape index (κ1) is 20.9. The van der Waals surface area contributed by atoms with Crippen molar-refractivity contribution in [2.24, 2.45) is 0 Å². The standard InChI is InChI=1S/C25H28O4/c1-24(26,18-9-13-22(28-3)14-10-18)20-7-5-6-8-21(17-20)25(2,27)19-11-15-23(29-4)16-12-19/h5-16,26-27H,17H2,1-4H3. The van der Waals surface area contributed by atoms with Gasteiger partial charge >= 0.3 is 0 Å². The summed E-state index contributed by atoms with van der Waals surface area (Å²) in [6.07, 6.45) is 8.05. The molecule has 3 rings (SSSR count). The number of benzene rings is 2. The van der Waals surface area contributed by atoms with Crippen LogP contribution in [-0.2, 0) is 11.2 Å². The van der Waals surface area contributed by atoms with Crippen LogP contribution in [-0.4, -0.2) is 24.4 Å². The molecule has 0 spiro atoms. The summed E-state index contributed by atoms with van der Waals surface area (Å²) in [7, 11) is 3.23. The molecule has 0 amide bonds. The summed E-state index contributed by atoms with van der Waals surface area (Å²) in [4.78, 5) is 0. The summed E-state index contributed by atoms with van der Waals surface area (Å²) < 4.78 is 10.4. The molecule has 2 unspecified atom stereocenters. The fraction of sp³-hybridized carbons (Fsp3) is 0.280. The third-order valence-corrected chi connectivity index (χ3v) is 5.64. The van der Waals surface area contributed by atoms with Gasteiger partial charge in [-0.3, -0.25) is 0 Å². The van der Waals surface area contributed by atoms with Crippen LogP contribution >= 0.6 is 0 Å². The molecule has 1 aliphatic rings. The van der Waals surface area contributed by atoms with Gasteiger partial charge in [-0.25, -0.2) is 0 Å². The zero-order chi connectivity index (χ0) is 21.1. The predicted molar refractivity (Wildman–Crippen MR) is 115 cm³/mol. The summed E-state index contributed by atoms with van der Waals surface area (Å²) in [5, 5.41) is 22.7. The molecule has 152 valence electrons. The molecular formula is C25H28O4. The Morgan fingerprint density at radius 3 is 1.31 bits per heavy atom. The Balaban J connectivity index is 1.90. The zero-order valence-corrected chi connectivity index (χ0v) is 17.3. The van der Waals surface area contributed by atoms with E-state index in [-0.39, 0.29) is 0 Å². The maximum absolute atomic E-state index is 11.4. The van der Waals surface area contributed by atoms with Crippen molar-refractivity contribution < 1.29 is 19.7 Å². The monoisotopic (exact) mass is 392 g/mol. The van der Waals surface area contributed by atoms with Crippen molar-refractivity contribution in [2.45, 2.75) is 31.5 Å². The van der Waals surface area contributed by atoms with Gasteiger partial charge in [-0.1, -0.05) is 48.6 Å². The molecule has 4 nitrogen and oxygen atoms in total. The normalized spacial score (nSPS) is 18.0. The SMILES string of the molecule is COc1ccc(C(C)(O)C2=CC=CC=C(C(C)(O)c3ccc(OC)cc3)C2)cc1. The van der Waals surface area contributed by atoms with Gasteiger partial charge in [-0.15, -0.1) is 0 Å². The summed E-state index contributed by atoms with van der Waals surface area (Å²) in [6.45, 7) is 3.55. The second kappa shape index (κ2) is 8.27. The molecule has 0 aliphatic heterocycles. The highest BCUT2D eigenvalue weighted by molar-refractivity contribution is 5.45.